The molecule has 1 unspecified atom stereocenters. The maximum absolute atomic E-state index is 11.6. The number of carbonyl (C=O) groups excluding carboxylic acids is 1. The lowest BCUT2D eigenvalue weighted by Crippen LogP contribution is -2.23. The van der Waals surface area contributed by atoms with Crippen LogP contribution in [0.4, 0.5) is 5.95 Å². The third-order valence-electron chi connectivity index (χ3n) is 3.46. The van der Waals surface area contributed by atoms with Crippen LogP contribution in [0.15, 0.2) is 6.20 Å². The molecule has 2 aliphatic rings. The summed E-state index contributed by atoms with van der Waals surface area (Å²) >= 11 is 0. The Hall–Kier alpha value is -1.52. The van der Waals surface area contributed by atoms with E-state index >= 15 is 0 Å². The zero-order chi connectivity index (χ0) is 11.8. The highest BCUT2D eigenvalue weighted by Gasteiger charge is 2.35. The van der Waals surface area contributed by atoms with Gasteiger partial charge in [0.1, 0.15) is 0 Å². The number of aromatic nitrogens is 2. The Balaban J connectivity index is 1.87. The van der Waals surface area contributed by atoms with Crippen LogP contribution in [0.25, 0.3) is 0 Å². The van der Waals surface area contributed by atoms with Gasteiger partial charge in [0.05, 0.1) is 6.61 Å². The van der Waals surface area contributed by atoms with Gasteiger partial charge in [0.25, 0.3) is 0 Å². The maximum Gasteiger partial charge on any atom is 0.358 e. The van der Waals surface area contributed by atoms with Crippen LogP contribution in [0.3, 0.4) is 0 Å². The molecule has 0 amide bonds. The monoisotopic (exact) mass is 235 g/mol. The molecule has 3 rings (SSSR count). The SMILES string of the molecule is CCOC(=O)c1cn2c(n1)NCCC2C1CC1. The molecule has 5 nitrogen and oxygen atoms in total. The summed E-state index contributed by atoms with van der Waals surface area (Å²) in [5, 5.41) is 3.24. The van der Waals surface area contributed by atoms with Crippen molar-refractivity contribution in [3.05, 3.63) is 11.9 Å². The molecule has 0 spiro atoms. The molecule has 1 saturated carbocycles. The van der Waals surface area contributed by atoms with Crippen LogP contribution in [-0.2, 0) is 4.74 Å². The molecule has 0 radical (unpaired) electrons. The summed E-state index contributed by atoms with van der Waals surface area (Å²) in [5.74, 6) is 1.27. The van der Waals surface area contributed by atoms with Crippen molar-refractivity contribution in [1.82, 2.24) is 9.55 Å². The van der Waals surface area contributed by atoms with Gasteiger partial charge in [-0.2, -0.15) is 0 Å². The van der Waals surface area contributed by atoms with E-state index in [1.807, 2.05) is 6.20 Å². The Bertz CT molecular complexity index is 437. The van der Waals surface area contributed by atoms with E-state index in [0.717, 1.165) is 24.8 Å². The maximum atomic E-state index is 11.6. The fourth-order valence-electron chi connectivity index (χ4n) is 2.50. The van der Waals surface area contributed by atoms with Gasteiger partial charge in [-0.05, 0) is 32.1 Å². The van der Waals surface area contributed by atoms with Gasteiger partial charge in [-0.25, -0.2) is 9.78 Å². The van der Waals surface area contributed by atoms with Gasteiger partial charge in [0, 0.05) is 18.8 Å². The summed E-state index contributed by atoms with van der Waals surface area (Å²) in [6.45, 7) is 3.14. The minimum Gasteiger partial charge on any atom is -0.461 e. The average Bonchev–Trinajstić information content (AvgIpc) is 3.07. The number of imidazole rings is 1. The first kappa shape index (κ1) is 10.6. The molecule has 0 bridgehead atoms. The minimum atomic E-state index is -0.328. The Labute approximate surface area is 100 Å². The predicted octanol–water partition coefficient (Wildman–Crippen LogP) is 1.83. The van der Waals surface area contributed by atoms with Gasteiger partial charge >= 0.3 is 5.97 Å². The van der Waals surface area contributed by atoms with Gasteiger partial charge in [0.15, 0.2) is 5.69 Å². The molecule has 1 aromatic heterocycles. The average molecular weight is 235 g/mol. The number of rotatable bonds is 3. The van der Waals surface area contributed by atoms with Gasteiger partial charge in [-0.3, -0.25) is 0 Å². The van der Waals surface area contributed by atoms with Gasteiger partial charge < -0.3 is 14.6 Å². The quantitative estimate of drug-likeness (QED) is 0.812. The zero-order valence-corrected chi connectivity index (χ0v) is 9.98. The van der Waals surface area contributed by atoms with Crippen molar-refractivity contribution in [2.45, 2.75) is 32.2 Å². The summed E-state index contributed by atoms with van der Waals surface area (Å²) in [5.41, 5.74) is 0.418. The number of hydrogen-bond donors (Lipinski definition) is 1. The zero-order valence-electron chi connectivity index (χ0n) is 9.98. The standard InChI is InChI=1S/C12H17N3O2/c1-2-17-11(16)9-7-15-10(8-3-4-8)5-6-13-12(15)14-9/h7-8,10H,2-6H2,1H3,(H,13,14). The molecular formula is C12H17N3O2. The molecule has 1 aliphatic heterocycles. The minimum absolute atomic E-state index is 0.328. The van der Waals surface area contributed by atoms with Crippen LogP contribution in [-0.4, -0.2) is 28.7 Å². The molecule has 17 heavy (non-hydrogen) atoms. The first-order valence-electron chi connectivity index (χ1n) is 6.29. The van der Waals surface area contributed by atoms with Crippen molar-refractivity contribution in [2.24, 2.45) is 5.92 Å². The molecule has 0 aromatic carbocycles. The number of esters is 1. The van der Waals surface area contributed by atoms with E-state index in [9.17, 15) is 4.79 Å². The second kappa shape index (κ2) is 4.05. The van der Waals surface area contributed by atoms with Crippen molar-refractivity contribution in [3.63, 3.8) is 0 Å². The second-order valence-corrected chi connectivity index (χ2v) is 4.70. The lowest BCUT2D eigenvalue weighted by atomic mass is 10.1. The second-order valence-electron chi connectivity index (χ2n) is 4.70. The predicted molar refractivity (Wildman–Crippen MR) is 63.1 cm³/mol. The number of hydrogen-bond acceptors (Lipinski definition) is 4. The molecular weight excluding hydrogens is 218 g/mol. The molecule has 1 N–H and O–H groups in total. The first-order valence-corrected chi connectivity index (χ1v) is 6.29. The molecule has 1 aromatic rings. The largest absolute Gasteiger partial charge is 0.461 e. The van der Waals surface area contributed by atoms with Crippen molar-refractivity contribution < 1.29 is 9.53 Å². The normalized spacial score (nSPS) is 22.8. The Kier molecular flexibility index (Phi) is 2.53. The van der Waals surface area contributed by atoms with E-state index in [4.69, 9.17) is 4.74 Å². The molecule has 0 saturated heterocycles. The summed E-state index contributed by atoms with van der Waals surface area (Å²) in [6, 6.07) is 0.516. The molecule has 1 aliphatic carbocycles. The summed E-state index contributed by atoms with van der Waals surface area (Å²) in [6.07, 6.45) is 5.56. The van der Waals surface area contributed by atoms with Gasteiger partial charge in [-0.15, -0.1) is 0 Å². The van der Waals surface area contributed by atoms with E-state index in [1.54, 1.807) is 6.92 Å². The van der Waals surface area contributed by atoms with E-state index in [2.05, 4.69) is 14.9 Å². The number of nitrogens with one attached hydrogen (secondary N) is 1. The number of carbonyl (C=O) groups is 1. The van der Waals surface area contributed by atoms with Crippen LogP contribution < -0.4 is 5.32 Å². The Morgan fingerprint density at radius 3 is 3.12 bits per heavy atom. The van der Waals surface area contributed by atoms with Crippen molar-refractivity contribution in [3.8, 4) is 0 Å². The Morgan fingerprint density at radius 1 is 1.59 bits per heavy atom. The highest BCUT2D eigenvalue weighted by Crippen LogP contribution is 2.44. The van der Waals surface area contributed by atoms with Crippen molar-refractivity contribution in [1.29, 1.82) is 0 Å². The van der Waals surface area contributed by atoms with Gasteiger partial charge in [-0.1, -0.05) is 0 Å². The molecule has 5 heteroatoms. The fraction of sp³-hybridized carbons (Fsp3) is 0.667. The third-order valence-corrected chi connectivity index (χ3v) is 3.46. The molecule has 1 atom stereocenters. The fourth-order valence-corrected chi connectivity index (χ4v) is 2.50. The summed E-state index contributed by atoms with van der Waals surface area (Å²) < 4.78 is 7.09. The lowest BCUT2D eigenvalue weighted by Gasteiger charge is -2.25. The van der Waals surface area contributed by atoms with E-state index in [1.165, 1.54) is 12.8 Å². The Morgan fingerprint density at radius 2 is 2.41 bits per heavy atom. The van der Waals surface area contributed by atoms with Crippen molar-refractivity contribution in [2.75, 3.05) is 18.5 Å². The molecule has 92 valence electrons. The van der Waals surface area contributed by atoms with Crippen LogP contribution in [0.1, 0.15) is 42.7 Å². The van der Waals surface area contributed by atoms with Gasteiger partial charge in [0.2, 0.25) is 5.95 Å². The van der Waals surface area contributed by atoms with E-state index < -0.39 is 0 Å². The first-order chi connectivity index (χ1) is 8.29. The topological polar surface area (TPSA) is 56.2 Å². The molecule has 2 heterocycles. The van der Waals surface area contributed by atoms with Crippen LogP contribution in [0, 0.1) is 5.92 Å². The number of fused-ring (bicyclic) bond motifs is 1. The summed E-state index contributed by atoms with van der Waals surface area (Å²) in [7, 11) is 0. The summed E-state index contributed by atoms with van der Waals surface area (Å²) in [4.78, 5) is 15.9. The van der Waals surface area contributed by atoms with Crippen LogP contribution >= 0.6 is 0 Å². The highest BCUT2D eigenvalue weighted by atomic mass is 16.5. The van der Waals surface area contributed by atoms with E-state index in [-0.39, 0.29) is 5.97 Å². The third kappa shape index (κ3) is 1.90. The van der Waals surface area contributed by atoms with E-state index in [0.29, 0.717) is 18.3 Å². The number of nitrogens with zero attached hydrogens (tertiary/aromatic N) is 2. The lowest BCUT2D eigenvalue weighted by molar-refractivity contribution is 0.0520. The molecule has 1 fully saturated rings. The smallest absolute Gasteiger partial charge is 0.358 e. The number of ether oxygens (including phenoxy) is 1. The highest BCUT2D eigenvalue weighted by molar-refractivity contribution is 5.87. The van der Waals surface area contributed by atoms with Crippen LogP contribution in [0.2, 0.25) is 0 Å². The number of anilines is 1. The van der Waals surface area contributed by atoms with Crippen molar-refractivity contribution >= 4 is 11.9 Å². The van der Waals surface area contributed by atoms with Crippen LogP contribution in [0.5, 0.6) is 0 Å².